The molecule has 114 valence electrons. The van der Waals surface area contributed by atoms with Crippen LogP contribution in [0.1, 0.15) is 36.2 Å². The maximum absolute atomic E-state index is 4.81. The van der Waals surface area contributed by atoms with Gasteiger partial charge in [-0.05, 0) is 55.1 Å². The second-order valence-electron chi connectivity index (χ2n) is 5.61. The zero-order valence-corrected chi connectivity index (χ0v) is 15.7. The number of nitrogens with one attached hydrogen (secondary N) is 1. The summed E-state index contributed by atoms with van der Waals surface area (Å²) >= 11 is 5.45. The molecule has 0 bridgehead atoms. The summed E-state index contributed by atoms with van der Waals surface area (Å²) in [5.41, 5.74) is 2.23. The number of aryl methyl sites for hydroxylation is 2. The van der Waals surface area contributed by atoms with Gasteiger partial charge in [0.25, 0.3) is 0 Å². The van der Waals surface area contributed by atoms with Crippen molar-refractivity contribution in [2.75, 3.05) is 11.9 Å². The predicted molar refractivity (Wildman–Crippen MR) is 95.2 cm³/mol. The highest BCUT2D eigenvalue weighted by atomic mass is 79.9. The summed E-state index contributed by atoms with van der Waals surface area (Å²) in [4.78, 5) is 12.1. The van der Waals surface area contributed by atoms with E-state index < -0.39 is 0 Å². The zero-order chi connectivity index (χ0) is 15.6. The van der Waals surface area contributed by atoms with Crippen molar-refractivity contribution in [1.29, 1.82) is 0 Å². The first-order valence-corrected chi connectivity index (χ1v) is 8.91. The Hall–Kier alpha value is -0.940. The Morgan fingerprint density at radius 3 is 2.52 bits per heavy atom. The van der Waals surface area contributed by atoms with Crippen LogP contribution >= 0.6 is 27.3 Å². The van der Waals surface area contributed by atoms with Crippen molar-refractivity contribution in [1.82, 2.24) is 9.97 Å². The van der Waals surface area contributed by atoms with E-state index >= 15 is 0 Å². The van der Waals surface area contributed by atoms with E-state index in [4.69, 9.17) is 9.97 Å². The first kappa shape index (κ1) is 16.4. The maximum atomic E-state index is 4.81. The van der Waals surface area contributed by atoms with E-state index in [0.717, 1.165) is 40.3 Å². The predicted octanol–water partition coefficient (Wildman–Crippen LogP) is 5.21. The van der Waals surface area contributed by atoms with E-state index in [0.29, 0.717) is 5.92 Å². The van der Waals surface area contributed by atoms with Gasteiger partial charge in [-0.1, -0.05) is 13.8 Å². The molecule has 0 fully saturated rings. The lowest BCUT2D eigenvalue weighted by Crippen LogP contribution is -2.08. The van der Waals surface area contributed by atoms with Crippen molar-refractivity contribution in [3.63, 3.8) is 0 Å². The molecule has 0 aliphatic rings. The van der Waals surface area contributed by atoms with Crippen molar-refractivity contribution >= 4 is 33.1 Å². The molecule has 2 aromatic heterocycles. The van der Waals surface area contributed by atoms with Crippen LogP contribution < -0.4 is 5.32 Å². The van der Waals surface area contributed by atoms with Crippen molar-refractivity contribution in [2.24, 2.45) is 5.92 Å². The Bertz CT molecular complexity index is 635. The Morgan fingerprint density at radius 2 is 2.00 bits per heavy atom. The van der Waals surface area contributed by atoms with E-state index in [1.807, 2.05) is 0 Å². The summed E-state index contributed by atoms with van der Waals surface area (Å²) in [7, 11) is 0. The minimum absolute atomic E-state index is 0.559. The highest BCUT2D eigenvalue weighted by molar-refractivity contribution is 9.10. The smallest absolute Gasteiger partial charge is 0.162 e. The standard InChI is InChI=1S/C16H22BrN3S/c1-6-18-16-14(17)13(7-9(2)3)19-15(20-16)12-8-10(4)21-11(12)5/h8-9H,6-7H2,1-5H3,(H,18,19,20). The molecular weight excluding hydrogens is 346 g/mol. The molecule has 0 aromatic carbocycles. The van der Waals surface area contributed by atoms with Gasteiger partial charge in [-0.25, -0.2) is 9.97 Å². The summed E-state index contributed by atoms with van der Waals surface area (Å²) in [5.74, 6) is 2.27. The van der Waals surface area contributed by atoms with Crippen LogP contribution in [0, 0.1) is 19.8 Å². The number of aromatic nitrogens is 2. The molecule has 0 saturated carbocycles. The lowest BCUT2D eigenvalue weighted by Gasteiger charge is -2.13. The van der Waals surface area contributed by atoms with Crippen molar-refractivity contribution in [3.05, 3.63) is 26.0 Å². The monoisotopic (exact) mass is 367 g/mol. The fraction of sp³-hybridized carbons (Fsp3) is 0.500. The highest BCUT2D eigenvalue weighted by Gasteiger charge is 2.16. The zero-order valence-electron chi connectivity index (χ0n) is 13.2. The van der Waals surface area contributed by atoms with Gasteiger partial charge in [0.15, 0.2) is 5.82 Å². The molecule has 1 N–H and O–H groups in total. The molecule has 0 aliphatic carbocycles. The van der Waals surface area contributed by atoms with Gasteiger partial charge in [-0.2, -0.15) is 0 Å². The van der Waals surface area contributed by atoms with E-state index in [-0.39, 0.29) is 0 Å². The fourth-order valence-electron chi connectivity index (χ4n) is 2.27. The van der Waals surface area contributed by atoms with Gasteiger partial charge < -0.3 is 5.32 Å². The van der Waals surface area contributed by atoms with E-state index in [1.54, 1.807) is 11.3 Å². The molecule has 0 atom stereocenters. The van der Waals surface area contributed by atoms with Crippen LogP contribution in [-0.4, -0.2) is 16.5 Å². The van der Waals surface area contributed by atoms with Crippen LogP contribution in [0.25, 0.3) is 11.4 Å². The SMILES string of the molecule is CCNc1nc(-c2cc(C)sc2C)nc(CC(C)C)c1Br. The van der Waals surface area contributed by atoms with Gasteiger partial charge in [0.2, 0.25) is 0 Å². The average molecular weight is 368 g/mol. The minimum Gasteiger partial charge on any atom is -0.369 e. The van der Waals surface area contributed by atoms with Gasteiger partial charge in [-0.3, -0.25) is 0 Å². The van der Waals surface area contributed by atoms with Crippen LogP contribution in [0.5, 0.6) is 0 Å². The molecule has 5 heteroatoms. The number of thiophene rings is 1. The van der Waals surface area contributed by atoms with Crippen LogP contribution in [0.4, 0.5) is 5.82 Å². The number of rotatable bonds is 5. The molecule has 2 rings (SSSR count). The van der Waals surface area contributed by atoms with Crippen molar-refractivity contribution < 1.29 is 0 Å². The van der Waals surface area contributed by atoms with E-state index in [9.17, 15) is 0 Å². The first-order chi connectivity index (χ1) is 9.92. The van der Waals surface area contributed by atoms with Gasteiger partial charge in [0.05, 0.1) is 10.2 Å². The van der Waals surface area contributed by atoms with Crippen LogP contribution in [0.3, 0.4) is 0 Å². The number of nitrogens with zero attached hydrogens (tertiary/aromatic N) is 2. The van der Waals surface area contributed by atoms with Gasteiger partial charge in [-0.15, -0.1) is 11.3 Å². The number of hydrogen-bond acceptors (Lipinski definition) is 4. The van der Waals surface area contributed by atoms with Crippen LogP contribution in [0.15, 0.2) is 10.5 Å². The van der Waals surface area contributed by atoms with Gasteiger partial charge in [0, 0.05) is 21.9 Å². The quantitative estimate of drug-likeness (QED) is 0.787. The van der Waals surface area contributed by atoms with Gasteiger partial charge >= 0.3 is 0 Å². The summed E-state index contributed by atoms with van der Waals surface area (Å²) < 4.78 is 0.992. The third kappa shape index (κ3) is 3.83. The first-order valence-electron chi connectivity index (χ1n) is 7.30. The van der Waals surface area contributed by atoms with E-state index in [1.165, 1.54) is 9.75 Å². The Balaban J connectivity index is 2.55. The molecule has 0 saturated heterocycles. The largest absolute Gasteiger partial charge is 0.369 e. The molecule has 0 radical (unpaired) electrons. The number of hydrogen-bond donors (Lipinski definition) is 1. The molecule has 3 nitrogen and oxygen atoms in total. The summed E-state index contributed by atoms with van der Waals surface area (Å²) in [6, 6.07) is 2.18. The Morgan fingerprint density at radius 1 is 1.29 bits per heavy atom. The third-order valence-electron chi connectivity index (χ3n) is 3.15. The number of halogens is 1. The molecule has 0 spiro atoms. The van der Waals surface area contributed by atoms with Gasteiger partial charge in [0.1, 0.15) is 5.82 Å². The lowest BCUT2D eigenvalue weighted by atomic mass is 10.1. The van der Waals surface area contributed by atoms with Crippen LogP contribution in [-0.2, 0) is 6.42 Å². The Labute approximate surface area is 139 Å². The molecule has 21 heavy (non-hydrogen) atoms. The molecule has 0 unspecified atom stereocenters. The Kier molecular flexibility index (Phi) is 5.38. The molecule has 0 aliphatic heterocycles. The molecule has 2 aromatic rings. The summed E-state index contributed by atoms with van der Waals surface area (Å²) in [6.07, 6.45) is 0.941. The van der Waals surface area contributed by atoms with Crippen molar-refractivity contribution in [3.8, 4) is 11.4 Å². The normalized spacial score (nSPS) is 11.2. The summed E-state index contributed by atoms with van der Waals surface area (Å²) in [6.45, 7) is 11.6. The maximum Gasteiger partial charge on any atom is 0.162 e. The molecule has 0 amide bonds. The second kappa shape index (κ2) is 6.88. The van der Waals surface area contributed by atoms with Crippen molar-refractivity contribution in [2.45, 2.75) is 41.0 Å². The minimum atomic E-state index is 0.559. The lowest BCUT2D eigenvalue weighted by molar-refractivity contribution is 0.632. The molecular formula is C16H22BrN3S. The third-order valence-corrected chi connectivity index (χ3v) is 4.95. The highest BCUT2D eigenvalue weighted by Crippen LogP contribution is 2.33. The van der Waals surface area contributed by atoms with Crippen LogP contribution in [0.2, 0.25) is 0 Å². The topological polar surface area (TPSA) is 37.8 Å². The molecule has 2 heterocycles. The second-order valence-corrected chi connectivity index (χ2v) is 7.87. The summed E-state index contributed by atoms with van der Waals surface area (Å²) in [5, 5.41) is 3.33. The average Bonchev–Trinajstić information content (AvgIpc) is 2.73. The number of anilines is 1. The van der Waals surface area contributed by atoms with E-state index in [2.05, 4.69) is 61.9 Å². The fourth-order valence-corrected chi connectivity index (χ4v) is 3.67.